The molecule has 1 atom stereocenters. The van der Waals surface area contributed by atoms with Crippen molar-refractivity contribution in [2.24, 2.45) is 5.41 Å². The maximum absolute atomic E-state index is 11.4. The van der Waals surface area contributed by atoms with Crippen molar-refractivity contribution in [2.75, 3.05) is 12.8 Å². The first kappa shape index (κ1) is 14.4. The van der Waals surface area contributed by atoms with Crippen LogP contribution in [0.1, 0.15) is 38.7 Å². The van der Waals surface area contributed by atoms with Crippen molar-refractivity contribution in [1.29, 1.82) is 0 Å². The highest BCUT2D eigenvalue weighted by Crippen LogP contribution is 2.35. The third-order valence-corrected chi connectivity index (χ3v) is 2.78. The van der Waals surface area contributed by atoms with Gasteiger partial charge >= 0.3 is 5.97 Å². The Morgan fingerprint density at radius 1 is 1.44 bits per heavy atom. The molecule has 0 saturated carbocycles. The zero-order valence-corrected chi connectivity index (χ0v) is 11.4. The fraction of sp³-hybridized carbons (Fsp3) is 0.500. The number of methoxy groups -OCH3 is 1. The molecule has 0 radical (unpaired) electrons. The molecule has 0 aliphatic carbocycles. The highest BCUT2D eigenvalue weighted by atomic mass is 16.5. The van der Waals surface area contributed by atoms with E-state index in [1.165, 1.54) is 0 Å². The molecule has 0 bridgehead atoms. The van der Waals surface area contributed by atoms with Crippen molar-refractivity contribution in [2.45, 2.75) is 33.1 Å². The topological polar surface area (TPSA) is 72.5 Å². The standard InChI is InChI=1S/C14H21NO3/c1-14(2,3)8-11(13(16)17)10-7-9(18-4)5-6-12(10)15/h5-7,11H,8,15H2,1-4H3,(H,16,17). The van der Waals surface area contributed by atoms with Crippen molar-refractivity contribution < 1.29 is 14.6 Å². The normalized spacial score (nSPS) is 13.1. The predicted octanol–water partition coefficient (Wildman–Crippen LogP) is 2.88. The summed E-state index contributed by atoms with van der Waals surface area (Å²) in [6.07, 6.45) is 0.527. The lowest BCUT2D eigenvalue weighted by molar-refractivity contribution is -0.139. The second kappa shape index (κ2) is 5.29. The Balaban J connectivity index is 3.17. The van der Waals surface area contributed by atoms with Crippen molar-refractivity contribution in [3.8, 4) is 5.75 Å². The molecule has 1 aromatic carbocycles. The zero-order valence-electron chi connectivity index (χ0n) is 11.4. The van der Waals surface area contributed by atoms with Crippen LogP contribution in [0, 0.1) is 5.41 Å². The molecule has 0 aliphatic rings. The Labute approximate surface area is 108 Å². The van der Waals surface area contributed by atoms with Gasteiger partial charge in [-0.2, -0.15) is 0 Å². The molecule has 3 N–H and O–H groups in total. The van der Waals surface area contributed by atoms with Crippen LogP contribution in [0.2, 0.25) is 0 Å². The summed E-state index contributed by atoms with van der Waals surface area (Å²) in [5.41, 5.74) is 6.91. The van der Waals surface area contributed by atoms with Crippen LogP contribution in [0.25, 0.3) is 0 Å². The van der Waals surface area contributed by atoms with Crippen LogP contribution in [0.15, 0.2) is 18.2 Å². The number of ether oxygens (including phenoxy) is 1. The van der Waals surface area contributed by atoms with Crippen LogP contribution in [0.5, 0.6) is 5.75 Å². The zero-order chi connectivity index (χ0) is 13.9. The van der Waals surface area contributed by atoms with Gasteiger partial charge in [-0.3, -0.25) is 4.79 Å². The van der Waals surface area contributed by atoms with E-state index in [2.05, 4.69) is 0 Å². The summed E-state index contributed by atoms with van der Waals surface area (Å²) in [6.45, 7) is 6.04. The van der Waals surface area contributed by atoms with Gasteiger partial charge in [-0.15, -0.1) is 0 Å². The Bertz CT molecular complexity index is 435. The summed E-state index contributed by atoms with van der Waals surface area (Å²) < 4.78 is 5.12. The lowest BCUT2D eigenvalue weighted by Crippen LogP contribution is -2.20. The number of anilines is 1. The molecule has 1 rings (SSSR count). The minimum Gasteiger partial charge on any atom is -0.497 e. The van der Waals surface area contributed by atoms with Gasteiger partial charge in [-0.1, -0.05) is 20.8 Å². The highest BCUT2D eigenvalue weighted by Gasteiger charge is 2.28. The van der Waals surface area contributed by atoms with Gasteiger partial charge in [0.1, 0.15) is 5.75 Å². The summed E-state index contributed by atoms with van der Waals surface area (Å²) >= 11 is 0. The van der Waals surface area contributed by atoms with E-state index in [1.807, 2.05) is 20.8 Å². The molecule has 100 valence electrons. The molecular weight excluding hydrogens is 230 g/mol. The number of nitrogen functional groups attached to an aromatic ring is 1. The number of rotatable bonds is 4. The van der Waals surface area contributed by atoms with Crippen LogP contribution >= 0.6 is 0 Å². The molecule has 0 aliphatic heterocycles. The van der Waals surface area contributed by atoms with Crippen molar-refractivity contribution >= 4 is 11.7 Å². The molecule has 18 heavy (non-hydrogen) atoms. The van der Waals surface area contributed by atoms with E-state index in [4.69, 9.17) is 10.5 Å². The van der Waals surface area contributed by atoms with E-state index in [0.717, 1.165) is 0 Å². The molecular formula is C14H21NO3. The van der Waals surface area contributed by atoms with E-state index in [0.29, 0.717) is 23.4 Å². The second-order valence-electron chi connectivity index (χ2n) is 5.65. The van der Waals surface area contributed by atoms with E-state index in [1.54, 1.807) is 25.3 Å². The number of hydrogen-bond donors (Lipinski definition) is 2. The summed E-state index contributed by atoms with van der Waals surface area (Å²) in [6, 6.07) is 5.13. The first-order valence-corrected chi connectivity index (χ1v) is 5.91. The molecule has 0 saturated heterocycles. The molecule has 0 heterocycles. The van der Waals surface area contributed by atoms with E-state index in [-0.39, 0.29) is 5.41 Å². The monoisotopic (exact) mass is 251 g/mol. The van der Waals surface area contributed by atoms with Gasteiger partial charge in [0.05, 0.1) is 13.0 Å². The minimum absolute atomic E-state index is 0.0847. The first-order chi connectivity index (χ1) is 8.24. The lowest BCUT2D eigenvalue weighted by Gasteiger charge is -2.24. The molecule has 4 heteroatoms. The molecule has 0 spiro atoms. The van der Waals surface area contributed by atoms with Gasteiger partial charge in [-0.05, 0) is 35.6 Å². The van der Waals surface area contributed by atoms with Gasteiger partial charge in [-0.25, -0.2) is 0 Å². The van der Waals surface area contributed by atoms with Crippen molar-refractivity contribution in [1.82, 2.24) is 0 Å². The van der Waals surface area contributed by atoms with Crippen LogP contribution in [-0.4, -0.2) is 18.2 Å². The van der Waals surface area contributed by atoms with Crippen molar-refractivity contribution in [3.63, 3.8) is 0 Å². The Hall–Kier alpha value is -1.71. The fourth-order valence-electron chi connectivity index (χ4n) is 1.92. The molecule has 1 unspecified atom stereocenters. The molecule has 0 amide bonds. The maximum Gasteiger partial charge on any atom is 0.311 e. The third kappa shape index (κ3) is 3.65. The van der Waals surface area contributed by atoms with Gasteiger partial charge in [0.25, 0.3) is 0 Å². The number of hydrogen-bond acceptors (Lipinski definition) is 3. The highest BCUT2D eigenvalue weighted by molar-refractivity contribution is 5.79. The Kier molecular flexibility index (Phi) is 4.22. The van der Waals surface area contributed by atoms with E-state index >= 15 is 0 Å². The number of benzene rings is 1. The Morgan fingerprint density at radius 3 is 2.50 bits per heavy atom. The first-order valence-electron chi connectivity index (χ1n) is 5.91. The number of aliphatic carboxylic acids is 1. The second-order valence-corrected chi connectivity index (χ2v) is 5.65. The van der Waals surface area contributed by atoms with Gasteiger partial charge in [0, 0.05) is 5.69 Å². The summed E-state index contributed by atoms with van der Waals surface area (Å²) in [4.78, 5) is 11.4. The predicted molar refractivity (Wildman–Crippen MR) is 71.9 cm³/mol. The smallest absolute Gasteiger partial charge is 0.311 e. The SMILES string of the molecule is COc1ccc(N)c(C(CC(C)(C)C)C(=O)O)c1. The third-order valence-electron chi connectivity index (χ3n) is 2.78. The lowest BCUT2D eigenvalue weighted by atomic mass is 9.81. The van der Waals surface area contributed by atoms with E-state index in [9.17, 15) is 9.90 Å². The van der Waals surface area contributed by atoms with Crippen LogP contribution in [-0.2, 0) is 4.79 Å². The molecule has 0 aromatic heterocycles. The number of carboxylic acids is 1. The van der Waals surface area contributed by atoms with Gasteiger partial charge < -0.3 is 15.6 Å². The quantitative estimate of drug-likeness (QED) is 0.807. The number of carbonyl (C=O) groups is 1. The summed E-state index contributed by atoms with van der Waals surface area (Å²) in [5, 5.41) is 9.38. The number of carboxylic acid groups (broad SMARTS) is 1. The number of nitrogens with two attached hydrogens (primary N) is 1. The fourth-order valence-corrected chi connectivity index (χ4v) is 1.92. The average Bonchev–Trinajstić information content (AvgIpc) is 2.25. The van der Waals surface area contributed by atoms with Crippen LogP contribution < -0.4 is 10.5 Å². The van der Waals surface area contributed by atoms with Gasteiger partial charge in [0.15, 0.2) is 0 Å². The van der Waals surface area contributed by atoms with E-state index < -0.39 is 11.9 Å². The van der Waals surface area contributed by atoms with Gasteiger partial charge in [0.2, 0.25) is 0 Å². The summed E-state index contributed by atoms with van der Waals surface area (Å²) in [7, 11) is 1.55. The molecule has 4 nitrogen and oxygen atoms in total. The van der Waals surface area contributed by atoms with Crippen molar-refractivity contribution in [3.05, 3.63) is 23.8 Å². The van der Waals surface area contributed by atoms with Crippen LogP contribution in [0.3, 0.4) is 0 Å². The van der Waals surface area contributed by atoms with Crippen LogP contribution in [0.4, 0.5) is 5.69 Å². The Morgan fingerprint density at radius 2 is 2.06 bits per heavy atom. The molecule has 1 aromatic rings. The minimum atomic E-state index is -0.857. The summed E-state index contributed by atoms with van der Waals surface area (Å²) in [5.74, 6) is -0.843. The maximum atomic E-state index is 11.4. The molecule has 0 fully saturated rings. The largest absolute Gasteiger partial charge is 0.497 e. The average molecular weight is 251 g/mol.